The third-order valence-electron chi connectivity index (χ3n) is 3.90. The maximum absolute atomic E-state index is 12.9. The van der Waals surface area contributed by atoms with Crippen molar-refractivity contribution in [3.05, 3.63) is 59.4 Å². The van der Waals surface area contributed by atoms with Gasteiger partial charge in [0.1, 0.15) is 11.6 Å². The molecule has 2 aromatic rings. The highest BCUT2D eigenvalue weighted by Crippen LogP contribution is 2.21. The van der Waals surface area contributed by atoms with E-state index in [4.69, 9.17) is 4.74 Å². The lowest BCUT2D eigenvalue weighted by molar-refractivity contribution is -0.123. The normalized spacial score (nSPS) is 11.5. The summed E-state index contributed by atoms with van der Waals surface area (Å²) in [5.74, 6) is -0.0376. The fraction of sp³-hybridized carbons (Fsp3) is 0.350. The van der Waals surface area contributed by atoms with E-state index >= 15 is 0 Å². The van der Waals surface area contributed by atoms with Crippen LogP contribution in [-0.4, -0.2) is 27.5 Å². The van der Waals surface area contributed by atoms with Crippen LogP contribution in [-0.2, 0) is 21.4 Å². The lowest BCUT2D eigenvalue weighted by Crippen LogP contribution is -2.28. The van der Waals surface area contributed by atoms with E-state index in [0.29, 0.717) is 17.9 Å². The molecule has 28 heavy (non-hydrogen) atoms. The van der Waals surface area contributed by atoms with Gasteiger partial charge in [-0.1, -0.05) is 26.0 Å². The number of nitrogens with one attached hydrogen (secondary N) is 2. The quantitative estimate of drug-likeness (QED) is 0.668. The number of ether oxygens (including phenoxy) is 1. The zero-order valence-corrected chi connectivity index (χ0v) is 17.0. The number of rotatable bonds is 9. The largest absolute Gasteiger partial charge is 0.484 e. The molecule has 0 aliphatic carbocycles. The molecule has 0 bridgehead atoms. The van der Waals surface area contributed by atoms with Crippen molar-refractivity contribution in [3.8, 4) is 5.75 Å². The van der Waals surface area contributed by atoms with Crippen molar-refractivity contribution in [1.29, 1.82) is 0 Å². The lowest BCUT2D eigenvalue weighted by Gasteiger charge is -2.12. The van der Waals surface area contributed by atoms with E-state index in [1.54, 1.807) is 19.1 Å². The minimum atomic E-state index is -3.58. The molecule has 0 saturated heterocycles. The fourth-order valence-corrected chi connectivity index (χ4v) is 3.61. The third kappa shape index (κ3) is 6.61. The highest BCUT2D eigenvalue weighted by Gasteiger charge is 2.16. The first-order valence-electron chi connectivity index (χ1n) is 8.91. The van der Waals surface area contributed by atoms with E-state index in [-0.39, 0.29) is 35.7 Å². The molecule has 2 N–H and O–H groups in total. The maximum Gasteiger partial charge on any atom is 0.258 e. The Kier molecular flexibility index (Phi) is 7.53. The number of aryl methyl sites for hydroxylation is 1. The summed E-state index contributed by atoms with van der Waals surface area (Å²) in [6, 6.07) is 10.3. The van der Waals surface area contributed by atoms with Gasteiger partial charge in [0.25, 0.3) is 5.91 Å². The van der Waals surface area contributed by atoms with Gasteiger partial charge in [-0.3, -0.25) is 4.79 Å². The molecular weight excluding hydrogens is 383 g/mol. The van der Waals surface area contributed by atoms with Crippen LogP contribution < -0.4 is 14.8 Å². The molecule has 0 aliphatic heterocycles. The second-order valence-electron chi connectivity index (χ2n) is 6.86. The molecule has 0 fully saturated rings. The number of hydrogen-bond acceptors (Lipinski definition) is 4. The topological polar surface area (TPSA) is 84.5 Å². The van der Waals surface area contributed by atoms with Crippen molar-refractivity contribution in [2.24, 2.45) is 5.92 Å². The molecule has 0 aliphatic rings. The molecule has 0 unspecified atom stereocenters. The average molecular weight is 408 g/mol. The Bertz CT molecular complexity index is 912. The number of sulfonamides is 1. The summed E-state index contributed by atoms with van der Waals surface area (Å²) in [5, 5.41) is 2.68. The Morgan fingerprint density at radius 3 is 2.43 bits per heavy atom. The van der Waals surface area contributed by atoms with Crippen molar-refractivity contribution in [2.45, 2.75) is 32.2 Å². The summed E-state index contributed by atoms with van der Waals surface area (Å²) in [6.45, 7) is 5.97. The van der Waals surface area contributed by atoms with Gasteiger partial charge >= 0.3 is 0 Å². The van der Waals surface area contributed by atoms with Crippen molar-refractivity contribution in [2.75, 3.05) is 13.2 Å². The van der Waals surface area contributed by atoms with Crippen LogP contribution in [0.4, 0.5) is 4.39 Å². The standard InChI is InChI=1S/C20H25FN2O4S/c1-14(2)11-23-28(25,26)18-8-9-19(15(3)10-18)27-13-20(24)22-12-16-4-6-17(21)7-5-16/h4-10,14,23H,11-13H2,1-3H3,(H,22,24). The number of halogens is 1. The Morgan fingerprint density at radius 2 is 1.82 bits per heavy atom. The van der Waals surface area contributed by atoms with Gasteiger partial charge < -0.3 is 10.1 Å². The Hall–Kier alpha value is -2.45. The predicted molar refractivity (Wildman–Crippen MR) is 105 cm³/mol. The van der Waals surface area contributed by atoms with Gasteiger partial charge in [-0.05, 0) is 54.3 Å². The number of carbonyl (C=O) groups is 1. The Morgan fingerprint density at radius 1 is 1.14 bits per heavy atom. The van der Waals surface area contributed by atoms with E-state index in [1.165, 1.54) is 30.3 Å². The van der Waals surface area contributed by atoms with Gasteiger partial charge in [-0.2, -0.15) is 0 Å². The molecule has 152 valence electrons. The smallest absolute Gasteiger partial charge is 0.258 e. The first kappa shape index (κ1) is 21.8. The van der Waals surface area contributed by atoms with Crippen molar-refractivity contribution < 1.29 is 22.3 Å². The lowest BCUT2D eigenvalue weighted by atomic mass is 10.2. The SMILES string of the molecule is Cc1cc(S(=O)(=O)NCC(C)C)ccc1OCC(=O)NCc1ccc(F)cc1. The highest BCUT2D eigenvalue weighted by atomic mass is 32.2. The zero-order chi connectivity index (χ0) is 20.7. The van der Waals surface area contributed by atoms with Crippen LogP contribution in [0.1, 0.15) is 25.0 Å². The first-order chi connectivity index (χ1) is 13.2. The molecule has 8 heteroatoms. The summed E-state index contributed by atoms with van der Waals surface area (Å²) >= 11 is 0. The predicted octanol–water partition coefficient (Wildman–Crippen LogP) is 2.76. The molecular formula is C20H25FN2O4S. The third-order valence-corrected chi connectivity index (χ3v) is 5.32. The van der Waals surface area contributed by atoms with E-state index in [2.05, 4.69) is 10.0 Å². The maximum atomic E-state index is 12.9. The van der Waals surface area contributed by atoms with Crippen LogP contribution in [0, 0.1) is 18.7 Å². The molecule has 0 spiro atoms. The van der Waals surface area contributed by atoms with E-state index in [1.807, 2.05) is 13.8 Å². The number of carbonyl (C=O) groups excluding carboxylic acids is 1. The molecule has 2 aromatic carbocycles. The monoisotopic (exact) mass is 408 g/mol. The highest BCUT2D eigenvalue weighted by molar-refractivity contribution is 7.89. The van der Waals surface area contributed by atoms with Crippen LogP contribution in [0.25, 0.3) is 0 Å². The van der Waals surface area contributed by atoms with Gasteiger partial charge in [0.15, 0.2) is 6.61 Å². The van der Waals surface area contributed by atoms with Gasteiger partial charge in [-0.15, -0.1) is 0 Å². The fourth-order valence-electron chi connectivity index (χ4n) is 2.31. The van der Waals surface area contributed by atoms with Crippen LogP contribution in [0.15, 0.2) is 47.4 Å². The molecule has 0 atom stereocenters. The molecule has 1 amide bonds. The van der Waals surface area contributed by atoms with E-state index in [0.717, 1.165) is 5.56 Å². The van der Waals surface area contributed by atoms with Crippen LogP contribution >= 0.6 is 0 Å². The minimum Gasteiger partial charge on any atom is -0.484 e. The number of hydrogen-bond donors (Lipinski definition) is 2. The summed E-state index contributed by atoms with van der Waals surface area (Å²) in [5.41, 5.74) is 1.38. The van der Waals surface area contributed by atoms with Crippen molar-refractivity contribution in [1.82, 2.24) is 10.0 Å². The van der Waals surface area contributed by atoms with Crippen LogP contribution in [0.3, 0.4) is 0 Å². The van der Waals surface area contributed by atoms with Crippen molar-refractivity contribution in [3.63, 3.8) is 0 Å². The van der Waals surface area contributed by atoms with E-state index in [9.17, 15) is 17.6 Å². The summed E-state index contributed by atoms with van der Waals surface area (Å²) in [7, 11) is -3.58. The van der Waals surface area contributed by atoms with Crippen LogP contribution in [0.2, 0.25) is 0 Å². The molecule has 0 radical (unpaired) electrons. The van der Waals surface area contributed by atoms with Crippen molar-refractivity contribution >= 4 is 15.9 Å². The number of amides is 1. The Labute approximate surface area is 165 Å². The molecule has 2 rings (SSSR count). The molecule has 0 heterocycles. The molecule has 0 aromatic heterocycles. The van der Waals surface area contributed by atoms with E-state index < -0.39 is 10.0 Å². The summed E-state index contributed by atoms with van der Waals surface area (Å²) < 4.78 is 45.4. The summed E-state index contributed by atoms with van der Waals surface area (Å²) in [4.78, 5) is 12.1. The molecule has 0 saturated carbocycles. The van der Waals surface area contributed by atoms with Crippen LogP contribution in [0.5, 0.6) is 5.75 Å². The minimum absolute atomic E-state index is 0.152. The summed E-state index contributed by atoms with van der Waals surface area (Å²) in [6.07, 6.45) is 0. The molecule has 6 nitrogen and oxygen atoms in total. The number of benzene rings is 2. The average Bonchev–Trinajstić information content (AvgIpc) is 2.65. The van der Waals surface area contributed by atoms with Gasteiger partial charge in [-0.25, -0.2) is 17.5 Å². The second kappa shape index (κ2) is 9.66. The van der Waals surface area contributed by atoms with Gasteiger partial charge in [0.05, 0.1) is 4.90 Å². The second-order valence-corrected chi connectivity index (χ2v) is 8.63. The Balaban J connectivity index is 1.90. The first-order valence-corrected chi connectivity index (χ1v) is 10.4. The zero-order valence-electron chi connectivity index (χ0n) is 16.2. The van der Waals surface area contributed by atoms with Gasteiger partial charge in [0.2, 0.25) is 10.0 Å². The van der Waals surface area contributed by atoms with Gasteiger partial charge in [0, 0.05) is 13.1 Å².